The van der Waals surface area contributed by atoms with E-state index in [9.17, 15) is 9.59 Å². The molecule has 0 aliphatic rings. The lowest BCUT2D eigenvalue weighted by atomic mass is 10.1. The van der Waals surface area contributed by atoms with Crippen LogP contribution >= 0.6 is 0 Å². The van der Waals surface area contributed by atoms with Crippen molar-refractivity contribution >= 4 is 29.4 Å². The van der Waals surface area contributed by atoms with Gasteiger partial charge in [0.05, 0.1) is 22.8 Å². The minimum Gasteiger partial charge on any atom is -0.368 e. The Morgan fingerprint density at radius 2 is 0.872 bits per heavy atom. The fourth-order valence-electron chi connectivity index (χ4n) is 5.63. The van der Waals surface area contributed by atoms with Crippen LogP contribution in [0.3, 0.4) is 0 Å². The van der Waals surface area contributed by atoms with Crippen molar-refractivity contribution in [3.05, 3.63) is 42.5 Å². The molecule has 0 saturated carbocycles. The van der Waals surface area contributed by atoms with Gasteiger partial charge in [-0.15, -0.1) is 0 Å². The van der Waals surface area contributed by atoms with Crippen LogP contribution < -0.4 is 16.4 Å². The van der Waals surface area contributed by atoms with Gasteiger partial charge in [-0.1, -0.05) is 129 Å². The molecule has 3 rings (SSSR count). The Bertz CT molecular complexity index is 1250. The van der Waals surface area contributed by atoms with Crippen molar-refractivity contribution in [3.8, 4) is 22.8 Å². The highest BCUT2D eigenvalue weighted by atomic mass is 16.2. The lowest BCUT2D eigenvalue weighted by Crippen LogP contribution is -2.12. The number of pyridine rings is 2. The summed E-state index contributed by atoms with van der Waals surface area (Å²) < 4.78 is 0. The molecule has 0 aliphatic heterocycles. The molecular weight excluding hydrogens is 586 g/mol. The minimum absolute atomic E-state index is 0.0404. The van der Waals surface area contributed by atoms with Crippen molar-refractivity contribution in [3.63, 3.8) is 0 Å². The maximum absolute atomic E-state index is 12.6. The van der Waals surface area contributed by atoms with E-state index in [-0.39, 0.29) is 17.8 Å². The van der Waals surface area contributed by atoms with Crippen molar-refractivity contribution in [2.75, 3.05) is 16.4 Å². The Labute approximate surface area is 282 Å². The zero-order valence-electron chi connectivity index (χ0n) is 28.9. The van der Waals surface area contributed by atoms with Gasteiger partial charge in [0.1, 0.15) is 11.6 Å². The summed E-state index contributed by atoms with van der Waals surface area (Å²) in [4.78, 5) is 43.2. The molecule has 256 valence electrons. The lowest BCUT2D eigenvalue weighted by Gasteiger charge is -2.09. The number of unbranched alkanes of at least 4 members (excludes halogenated alkanes) is 16. The molecule has 4 N–H and O–H groups in total. The monoisotopic (exact) mass is 643 g/mol. The largest absolute Gasteiger partial charge is 0.368 e. The van der Waals surface area contributed by atoms with Crippen molar-refractivity contribution < 1.29 is 9.59 Å². The van der Waals surface area contributed by atoms with Crippen LogP contribution in [0.15, 0.2) is 42.5 Å². The van der Waals surface area contributed by atoms with E-state index in [1.807, 2.05) is 24.3 Å². The molecule has 47 heavy (non-hydrogen) atoms. The Balaban J connectivity index is 1.49. The third-order valence-electron chi connectivity index (χ3n) is 8.32. The van der Waals surface area contributed by atoms with Crippen LogP contribution in [-0.4, -0.2) is 31.8 Å². The molecule has 0 aromatic carbocycles. The first-order valence-electron chi connectivity index (χ1n) is 18.2. The summed E-state index contributed by atoms with van der Waals surface area (Å²) in [6.07, 6.45) is 22.7. The van der Waals surface area contributed by atoms with Crippen LogP contribution in [0.5, 0.6) is 0 Å². The molecule has 9 nitrogen and oxygen atoms in total. The van der Waals surface area contributed by atoms with Gasteiger partial charge in [0.2, 0.25) is 17.8 Å². The van der Waals surface area contributed by atoms with E-state index in [1.54, 1.807) is 18.2 Å². The van der Waals surface area contributed by atoms with Gasteiger partial charge in [0, 0.05) is 12.8 Å². The van der Waals surface area contributed by atoms with Crippen molar-refractivity contribution in [2.45, 2.75) is 142 Å². The van der Waals surface area contributed by atoms with Gasteiger partial charge < -0.3 is 16.4 Å². The minimum atomic E-state index is -0.0404. The Morgan fingerprint density at radius 1 is 0.511 bits per heavy atom. The summed E-state index contributed by atoms with van der Waals surface area (Å²) in [6, 6.07) is 12.6. The molecule has 3 heterocycles. The maximum atomic E-state index is 12.6. The van der Waals surface area contributed by atoms with Gasteiger partial charge in [-0.05, 0) is 43.2 Å². The zero-order chi connectivity index (χ0) is 33.5. The Kier molecular flexibility index (Phi) is 18.1. The van der Waals surface area contributed by atoms with Crippen LogP contribution in [0.4, 0.5) is 17.6 Å². The van der Waals surface area contributed by atoms with Crippen LogP contribution in [0.1, 0.15) is 142 Å². The number of aromatic nitrogens is 4. The Morgan fingerprint density at radius 3 is 1.26 bits per heavy atom. The second kappa shape index (κ2) is 22.6. The number of hydrogen-bond acceptors (Lipinski definition) is 7. The fraction of sp³-hybridized carbons (Fsp3) is 0.579. The smallest absolute Gasteiger partial charge is 0.225 e. The summed E-state index contributed by atoms with van der Waals surface area (Å²) in [7, 11) is 0. The number of carbonyl (C=O) groups excluding carboxylic acids is 2. The fourth-order valence-corrected chi connectivity index (χ4v) is 5.63. The summed E-state index contributed by atoms with van der Waals surface area (Å²) in [5, 5.41) is 5.84. The highest BCUT2D eigenvalue weighted by Crippen LogP contribution is 2.24. The molecule has 0 bridgehead atoms. The van der Waals surface area contributed by atoms with Gasteiger partial charge in [0.25, 0.3) is 0 Å². The van der Waals surface area contributed by atoms with E-state index in [0.717, 1.165) is 25.7 Å². The second-order valence-corrected chi connectivity index (χ2v) is 12.6. The molecule has 3 aromatic heterocycles. The van der Waals surface area contributed by atoms with Crippen molar-refractivity contribution in [2.24, 2.45) is 0 Å². The van der Waals surface area contributed by atoms with E-state index < -0.39 is 0 Å². The molecule has 0 saturated heterocycles. The predicted octanol–water partition coefficient (Wildman–Crippen LogP) is 9.90. The highest BCUT2D eigenvalue weighted by Gasteiger charge is 2.12. The highest BCUT2D eigenvalue weighted by molar-refractivity contribution is 5.90. The summed E-state index contributed by atoms with van der Waals surface area (Å²) in [5.74, 6) is 0.942. The topological polar surface area (TPSA) is 136 Å². The average molecular weight is 644 g/mol. The molecule has 0 atom stereocenters. The van der Waals surface area contributed by atoms with Crippen LogP contribution in [-0.2, 0) is 9.59 Å². The first kappa shape index (κ1) is 37.6. The number of nitrogens with one attached hydrogen (secondary N) is 2. The average Bonchev–Trinajstić information content (AvgIpc) is 3.07. The summed E-state index contributed by atoms with van der Waals surface area (Å²) in [5.41, 5.74) is 8.25. The van der Waals surface area contributed by atoms with E-state index in [1.165, 1.54) is 89.9 Å². The number of amides is 2. The quantitative estimate of drug-likeness (QED) is 0.0826. The van der Waals surface area contributed by atoms with E-state index >= 15 is 0 Å². The van der Waals surface area contributed by atoms with Crippen LogP contribution in [0.25, 0.3) is 22.8 Å². The third-order valence-corrected chi connectivity index (χ3v) is 8.32. The van der Waals surface area contributed by atoms with Crippen molar-refractivity contribution in [1.29, 1.82) is 0 Å². The maximum Gasteiger partial charge on any atom is 0.225 e. The molecule has 0 unspecified atom stereocenters. The second-order valence-electron chi connectivity index (χ2n) is 12.6. The number of rotatable bonds is 24. The first-order valence-corrected chi connectivity index (χ1v) is 18.2. The summed E-state index contributed by atoms with van der Waals surface area (Å²) >= 11 is 0. The van der Waals surface area contributed by atoms with Crippen molar-refractivity contribution in [1.82, 2.24) is 19.9 Å². The van der Waals surface area contributed by atoms with Gasteiger partial charge in [-0.3, -0.25) is 9.59 Å². The molecule has 0 radical (unpaired) electrons. The predicted molar refractivity (Wildman–Crippen MR) is 194 cm³/mol. The third kappa shape index (κ3) is 15.5. The van der Waals surface area contributed by atoms with Gasteiger partial charge in [0.15, 0.2) is 0 Å². The first-order chi connectivity index (χ1) is 23.0. The van der Waals surface area contributed by atoms with Gasteiger partial charge in [-0.2, -0.15) is 0 Å². The molecular formula is C38H57N7O2. The van der Waals surface area contributed by atoms with Crippen LogP contribution in [0, 0.1) is 0 Å². The number of nitrogens with two attached hydrogens (primary N) is 1. The molecule has 3 aromatic rings. The molecule has 0 aliphatic carbocycles. The normalized spacial score (nSPS) is 11.0. The van der Waals surface area contributed by atoms with Gasteiger partial charge in [-0.25, -0.2) is 19.9 Å². The lowest BCUT2D eigenvalue weighted by molar-refractivity contribution is -0.117. The molecule has 9 heteroatoms. The zero-order valence-corrected chi connectivity index (χ0v) is 28.9. The number of nitrogen functional groups attached to an aromatic ring is 1. The van der Waals surface area contributed by atoms with E-state index in [4.69, 9.17) is 5.73 Å². The summed E-state index contributed by atoms with van der Waals surface area (Å²) in [6.45, 7) is 4.47. The Hall–Kier alpha value is -3.88. The van der Waals surface area contributed by atoms with E-state index in [2.05, 4.69) is 44.4 Å². The SMILES string of the molecule is CCCCCCCCCCCC(=O)Nc1cccc(-c2cc(-c3cccc(NC(=O)CCCCCCCCCCC)n3)nc(N)n2)n1. The molecule has 2 amide bonds. The van der Waals surface area contributed by atoms with E-state index in [0.29, 0.717) is 47.3 Å². The molecule has 0 spiro atoms. The number of nitrogens with zero attached hydrogens (tertiary/aromatic N) is 4. The standard InChI is InChI=1S/C38H57N7O2/c1-3-5-7-9-11-13-15-17-19-27-36(46)44-34-25-21-23-30(40-34)32-29-33(43-38(39)42-32)31-24-22-26-35(41-31)45-37(47)28-20-18-16-14-12-10-8-6-4-2/h21-26,29H,3-20,27-28H2,1-2H3,(H2,39,42,43)(H,40,44,46)(H,41,45,47). The molecule has 0 fully saturated rings. The van der Waals surface area contributed by atoms with Crippen LogP contribution in [0.2, 0.25) is 0 Å². The number of anilines is 3. The number of carbonyl (C=O) groups is 2. The number of hydrogen-bond donors (Lipinski definition) is 3. The van der Waals surface area contributed by atoms with Gasteiger partial charge >= 0.3 is 0 Å².